The lowest BCUT2D eigenvalue weighted by Crippen LogP contribution is -2.36. The number of hydrogen-bond acceptors (Lipinski definition) is 3. The average Bonchev–Trinajstić information content (AvgIpc) is 2.37. The zero-order valence-corrected chi connectivity index (χ0v) is 11.3. The highest BCUT2D eigenvalue weighted by Gasteiger charge is 2.13. The van der Waals surface area contributed by atoms with Crippen molar-refractivity contribution in [1.29, 1.82) is 5.26 Å². The SMILES string of the molecule is CCCN(CC(=O)NC)c1ccc(Cl)cc1C#N. The molecule has 5 heteroatoms. The summed E-state index contributed by atoms with van der Waals surface area (Å²) >= 11 is 5.86. The fraction of sp³-hybridized carbons (Fsp3) is 0.385. The van der Waals surface area contributed by atoms with Crippen LogP contribution < -0.4 is 10.2 Å². The Morgan fingerprint density at radius 3 is 2.83 bits per heavy atom. The first-order valence-corrected chi connectivity index (χ1v) is 6.15. The van der Waals surface area contributed by atoms with Crippen molar-refractivity contribution in [3.8, 4) is 6.07 Å². The van der Waals surface area contributed by atoms with Gasteiger partial charge in [0, 0.05) is 18.6 Å². The number of amides is 1. The van der Waals surface area contributed by atoms with Gasteiger partial charge in [-0.15, -0.1) is 0 Å². The lowest BCUT2D eigenvalue weighted by molar-refractivity contribution is -0.119. The van der Waals surface area contributed by atoms with Gasteiger partial charge < -0.3 is 10.2 Å². The number of carbonyl (C=O) groups excluding carboxylic acids is 1. The second kappa shape index (κ2) is 6.87. The van der Waals surface area contributed by atoms with Gasteiger partial charge in [-0.3, -0.25) is 4.79 Å². The van der Waals surface area contributed by atoms with Crippen LogP contribution in [0.25, 0.3) is 0 Å². The molecule has 1 aromatic carbocycles. The van der Waals surface area contributed by atoms with Crippen molar-refractivity contribution < 1.29 is 4.79 Å². The minimum Gasteiger partial charge on any atom is -0.361 e. The van der Waals surface area contributed by atoms with E-state index in [-0.39, 0.29) is 12.5 Å². The standard InChI is InChI=1S/C13H16ClN3O/c1-3-6-17(9-13(18)16-2)12-5-4-11(14)7-10(12)8-15/h4-5,7H,3,6,9H2,1-2H3,(H,16,18). The van der Waals surface area contributed by atoms with E-state index in [2.05, 4.69) is 11.4 Å². The van der Waals surface area contributed by atoms with Crippen LogP contribution in [-0.4, -0.2) is 26.0 Å². The minimum absolute atomic E-state index is 0.0812. The zero-order valence-electron chi connectivity index (χ0n) is 10.5. The van der Waals surface area contributed by atoms with Gasteiger partial charge in [0.2, 0.25) is 5.91 Å². The van der Waals surface area contributed by atoms with E-state index >= 15 is 0 Å². The highest BCUT2D eigenvalue weighted by Crippen LogP contribution is 2.23. The molecule has 0 fully saturated rings. The molecule has 1 N–H and O–H groups in total. The third kappa shape index (κ3) is 3.64. The number of anilines is 1. The van der Waals surface area contributed by atoms with Crippen molar-refractivity contribution in [2.45, 2.75) is 13.3 Å². The fourth-order valence-electron chi connectivity index (χ4n) is 1.68. The summed E-state index contributed by atoms with van der Waals surface area (Å²) < 4.78 is 0. The molecule has 0 atom stereocenters. The van der Waals surface area contributed by atoms with E-state index in [1.165, 1.54) is 0 Å². The first kappa shape index (κ1) is 14.3. The predicted octanol–water partition coefficient (Wildman–Crippen LogP) is 2.17. The predicted molar refractivity (Wildman–Crippen MR) is 72.7 cm³/mol. The van der Waals surface area contributed by atoms with Gasteiger partial charge in [-0.05, 0) is 24.6 Å². The van der Waals surface area contributed by atoms with Gasteiger partial charge in [0.25, 0.3) is 0 Å². The summed E-state index contributed by atoms with van der Waals surface area (Å²) in [4.78, 5) is 13.4. The molecular weight excluding hydrogens is 250 g/mol. The number of halogens is 1. The molecule has 0 saturated carbocycles. The summed E-state index contributed by atoms with van der Waals surface area (Å²) in [6, 6.07) is 7.23. The first-order chi connectivity index (χ1) is 8.62. The molecule has 0 aromatic heterocycles. The van der Waals surface area contributed by atoms with Crippen molar-refractivity contribution >= 4 is 23.2 Å². The van der Waals surface area contributed by atoms with E-state index < -0.39 is 0 Å². The van der Waals surface area contributed by atoms with E-state index in [1.807, 2.05) is 11.8 Å². The maximum Gasteiger partial charge on any atom is 0.239 e. The lowest BCUT2D eigenvalue weighted by Gasteiger charge is -2.24. The number of rotatable bonds is 5. The summed E-state index contributed by atoms with van der Waals surface area (Å²) in [5.74, 6) is -0.0812. The summed E-state index contributed by atoms with van der Waals surface area (Å²) in [5.41, 5.74) is 1.23. The Morgan fingerprint density at radius 2 is 2.28 bits per heavy atom. The average molecular weight is 266 g/mol. The fourth-order valence-corrected chi connectivity index (χ4v) is 1.85. The molecule has 0 aliphatic heterocycles. The van der Waals surface area contributed by atoms with Crippen LogP contribution in [-0.2, 0) is 4.79 Å². The Labute approximate surface area is 112 Å². The molecule has 0 aliphatic rings. The molecule has 18 heavy (non-hydrogen) atoms. The number of nitrogens with zero attached hydrogens (tertiary/aromatic N) is 2. The van der Waals surface area contributed by atoms with Crippen LogP contribution in [0.1, 0.15) is 18.9 Å². The second-order valence-corrected chi connectivity index (χ2v) is 4.30. The van der Waals surface area contributed by atoms with Crippen LogP contribution in [0.2, 0.25) is 5.02 Å². The molecule has 0 heterocycles. The maximum atomic E-state index is 11.5. The molecular formula is C13H16ClN3O. The Hall–Kier alpha value is -1.73. The third-order valence-electron chi connectivity index (χ3n) is 2.53. The second-order valence-electron chi connectivity index (χ2n) is 3.87. The van der Waals surface area contributed by atoms with Crippen LogP contribution >= 0.6 is 11.6 Å². The number of benzene rings is 1. The van der Waals surface area contributed by atoms with Crippen LogP contribution in [0.15, 0.2) is 18.2 Å². The van der Waals surface area contributed by atoms with Crippen molar-refractivity contribution in [3.63, 3.8) is 0 Å². The van der Waals surface area contributed by atoms with E-state index in [1.54, 1.807) is 25.2 Å². The molecule has 96 valence electrons. The van der Waals surface area contributed by atoms with E-state index in [0.717, 1.165) is 12.1 Å². The Balaban J connectivity index is 3.05. The molecule has 1 amide bonds. The van der Waals surface area contributed by atoms with Crippen LogP contribution in [0, 0.1) is 11.3 Å². The monoisotopic (exact) mass is 265 g/mol. The van der Waals surface area contributed by atoms with E-state index in [0.29, 0.717) is 17.1 Å². The Morgan fingerprint density at radius 1 is 1.56 bits per heavy atom. The number of carbonyl (C=O) groups is 1. The molecule has 1 rings (SSSR count). The smallest absolute Gasteiger partial charge is 0.239 e. The molecule has 0 aliphatic carbocycles. The van der Waals surface area contributed by atoms with Crippen molar-refractivity contribution in [2.75, 3.05) is 25.0 Å². The molecule has 0 bridgehead atoms. The summed E-state index contributed by atoms with van der Waals surface area (Å²) in [7, 11) is 1.60. The summed E-state index contributed by atoms with van der Waals surface area (Å²) in [6.45, 7) is 2.98. The largest absolute Gasteiger partial charge is 0.361 e. The number of nitriles is 1. The van der Waals surface area contributed by atoms with Gasteiger partial charge in [0.1, 0.15) is 6.07 Å². The maximum absolute atomic E-state index is 11.5. The van der Waals surface area contributed by atoms with Gasteiger partial charge in [0.15, 0.2) is 0 Å². The molecule has 0 radical (unpaired) electrons. The van der Waals surface area contributed by atoms with Gasteiger partial charge in [-0.25, -0.2) is 0 Å². The normalized spacial score (nSPS) is 9.67. The van der Waals surface area contributed by atoms with Gasteiger partial charge in [-0.2, -0.15) is 5.26 Å². The highest BCUT2D eigenvalue weighted by atomic mass is 35.5. The van der Waals surface area contributed by atoms with Crippen LogP contribution in [0.3, 0.4) is 0 Å². The van der Waals surface area contributed by atoms with Crippen molar-refractivity contribution in [2.24, 2.45) is 0 Å². The van der Waals surface area contributed by atoms with Gasteiger partial charge in [0.05, 0.1) is 17.8 Å². The molecule has 4 nitrogen and oxygen atoms in total. The van der Waals surface area contributed by atoms with Crippen molar-refractivity contribution in [3.05, 3.63) is 28.8 Å². The van der Waals surface area contributed by atoms with Gasteiger partial charge >= 0.3 is 0 Å². The minimum atomic E-state index is -0.0812. The lowest BCUT2D eigenvalue weighted by atomic mass is 10.1. The molecule has 1 aromatic rings. The summed E-state index contributed by atoms with van der Waals surface area (Å²) in [5, 5.41) is 12.2. The number of hydrogen-bond donors (Lipinski definition) is 1. The Bertz CT molecular complexity index is 468. The quantitative estimate of drug-likeness (QED) is 0.888. The molecule has 0 unspecified atom stereocenters. The van der Waals surface area contributed by atoms with Crippen molar-refractivity contribution in [1.82, 2.24) is 5.32 Å². The number of nitrogens with one attached hydrogen (secondary N) is 1. The topological polar surface area (TPSA) is 56.1 Å². The van der Waals surface area contributed by atoms with Crippen LogP contribution in [0.4, 0.5) is 5.69 Å². The van der Waals surface area contributed by atoms with Crippen LogP contribution in [0.5, 0.6) is 0 Å². The Kier molecular flexibility index (Phi) is 5.47. The highest BCUT2D eigenvalue weighted by molar-refractivity contribution is 6.30. The van der Waals surface area contributed by atoms with E-state index in [4.69, 9.17) is 16.9 Å². The summed E-state index contributed by atoms with van der Waals surface area (Å²) in [6.07, 6.45) is 0.893. The molecule has 0 spiro atoms. The number of likely N-dealkylation sites (N-methyl/N-ethyl adjacent to an activating group) is 1. The first-order valence-electron chi connectivity index (χ1n) is 5.77. The van der Waals surface area contributed by atoms with E-state index in [9.17, 15) is 4.79 Å². The van der Waals surface area contributed by atoms with Gasteiger partial charge in [-0.1, -0.05) is 18.5 Å². The zero-order chi connectivity index (χ0) is 13.5. The third-order valence-corrected chi connectivity index (χ3v) is 2.76. The molecule has 0 saturated heterocycles.